The molecule has 0 radical (unpaired) electrons. The van der Waals surface area contributed by atoms with Gasteiger partial charge in [-0.3, -0.25) is 19.8 Å². The highest BCUT2D eigenvalue weighted by Crippen LogP contribution is 2.24. The molecule has 120 valence electrons. The van der Waals surface area contributed by atoms with Gasteiger partial charge >= 0.3 is 0 Å². The molecule has 2 amide bonds. The molecule has 3 rings (SSSR count). The average Bonchev–Trinajstić information content (AvgIpc) is 2.53. The van der Waals surface area contributed by atoms with E-state index in [4.69, 9.17) is 12.2 Å². The highest BCUT2D eigenvalue weighted by molar-refractivity contribution is 9.10. The zero-order chi connectivity index (χ0) is 17.3. The summed E-state index contributed by atoms with van der Waals surface area (Å²) in [6, 6.07) is 14.7. The molecule has 2 aromatic rings. The van der Waals surface area contributed by atoms with E-state index in [-0.39, 0.29) is 10.7 Å². The van der Waals surface area contributed by atoms with E-state index in [1.807, 2.05) is 37.3 Å². The van der Waals surface area contributed by atoms with Gasteiger partial charge in [0.25, 0.3) is 11.8 Å². The number of aryl methyl sites for hydroxylation is 1. The van der Waals surface area contributed by atoms with Crippen LogP contribution in [-0.2, 0) is 9.59 Å². The number of carbonyl (C=O) groups is 2. The van der Waals surface area contributed by atoms with Crippen molar-refractivity contribution >= 4 is 56.8 Å². The number of benzene rings is 2. The van der Waals surface area contributed by atoms with Gasteiger partial charge in [0, 0.05) is 4.47 Å². The Balaban J connectivity index is 2.01. The lowest BCUT2D eigenvalue weighted by Crippen LogP contribution is -2.54. The SMILES string of the molecule is Cc1ccc(/C=C2\C(=O)NC(=S)N(c3cccc(Br)c3)C2=O)cc1. The van der Waals surface area contributed by atoms with Gasteiger partial charge in [-0.15, -0.1) is 0 Å². The van der Waals surface area contributed by atoms with Crippen LogP contribution in [0, 0.1) is 6.92 Å². The lowest BCUT2D eigenvalue weighted by molar-refractivity contribution is -0.122. The molecular formula is C18H13BrN2O2S. The number of nitrogens with zero attached hydrogens (tertiary/aromatic N) is 1. The van der Waals surface area contributed by atoms with Crippen LogP contribution in [0.3, 0.4) is 0 Å². The summed E-state index contributed by atoms with van der Waals surface area (Å²) in [5, 5.41) is 2.65. The summed E-state index contributed by atoms with van der Waals surface area (Å²) < 4.78 is 0.816. The molecule has 6 heteroatoms. The first-order valence-corrected chi connectivity index (χ1v) is 8.39. The van der Waals surface area contributed by atoms with Crippen molar-refractivity contribution in [2.45, 2.75) is 6.92 Å². The fourth-order valence-corrected chi connectivity index (χ4v) is 3.00. The van der Waals surface area contributed by atoms with Crippen LogP contribution in [-0.4, -0.2) is 16.9 Å². The Labute approximate surface area is 153 Å². The first kappa shape index (κ1) is 16.5. The molecule has 4 nitrogen and oxygen atoms in total. The van der Waals surface area contributed by atoms with Gasteiger partial charge in [0.2, 0.25) is 0 Å². The third-order valence-electron chi connectivity index (χ3n) is 3.56. The topological polar surface area (TPSA) is 49.4 Å². The number of hydrogen-bond donors (Lipinski definition) is 1. The molecule has 24 heavy (non-hydrogen) atoms. The van der Waals surface area contributed by atoms with Crippen LogP contribution in [0.15, 0.2) is 58.6 Å². The van der Waals surface area contributed by atoms with Gasteiger partial charge in [-0.05, 0) is 49.0 Å². The van der Waals surface area contributed by atoms with Crippen molar-refractivity contribution in [2.24, 2.45) is 0 Å². The van der Waals surface area contributed by atoms with Gasteiger partial charge in [-0.1, -0.05) is 51.8 Å². The lowest BCUT2D eigenvalue weighted by atomic mass is 10.1. The van der Waals surface area contributed by atoms with E-state index in [0.29, 0.717) is 5.69 Å². The van der Waals surface area contributed by atoms with Crippen molar-refractivity contribution in [3.63, 3.8) is 0 Å². The standard InChI is InChI=1S/C18H13BrN2O2S/c1-11-5-7-12(8-6-11)9-15-16(22)20-18(24)21(17(15)23)14-4-2-3-13(19)10-14/h2-10H,1H3,(H,20,22,24)/b15-9+. The summed E-state index contributed by atoms with van der Waals surface area (Å²) in [5.74, 6) is -0.931. The van der Waals surface area contributed by atoms with E-state index in [2.05, 4.69) is 21.2 Å². The van der Waals surface area contributed by atoms with Crippen molar-refractivity contribution in [1.82, 2.24) is 5.32 Å². The summed E-state index contributed by atoms with van der Waals surface area (Å²) in [7, 11) is 0. The van der Waals surface area contributed by atoms with Crippen molar-refractivity contribution < 1.29 is 9.59 Å². The van der Waals surface area contributed by atoms with Crippen LogP contribution in [0.4, 0.5) is 5.69 Å². The van der Waals surface area contributed by atoms with Crippen LogP contribution in [0.2, 0.25) is 0 Å². The molecule has 0 aliphatic carbocycles. The van der Waals surface area contributed by atoms with E-state index < -0.39 is 11.8 Å². The highest BCUT2D eigenvalue weighted by atomic mass is 79.9. The van der Waals surface area contributed by atoms with Crippen LogP contribution in [0.1, 0.15) is 11.1 Å². The second-order valence-electron chi connectivity index (χ2n) is 5.35. The first-order valence-electron chi connectivity index (χ1n) is 7.19. The second-order valence-corrected chi connectivity index (χ2v) is 6.65. The number of carbonyl (C=O) groups excluding carboxylic acids is 2. The highest BCUT2D eigenvalue weighted by Gasteiger charge is 2.34. The molecule has 1 fully saturated rings. The van der Waals surface area contributed by atoms with Crippen molar-refractivity contribution in [1.29, 1.82) is 0 Å². The van der Waals surface area contributed by atoms with Crippen molar-refractivity contribution in [3.05, 3.63) is 69.7 Å². The van der Waals surface area contributed by atoms with Crippen molar-refractivity contribution in [3.8, 4) is 0 Å². The summed E-state index contributed by atoms with van der Waals surface area (Å²) in [6.07, 6.45) is 1.57. The Morgan fingerprint density at radius 2 is 1.83 bits per heavy atom. The quantitative estimate of drug-likeness (QED) is 0.476. The number of rotatable bonds is 2. The third-order valence-corrected chi connectivity index (χ3v) is 4.33. The Kier molecular flexibility index (Phi) is 4.59. The minimum Gasteiger partial charge on any atom is -0.298 e. The maximum Gasteiger partial charge on any atom is 0.270 e. The van der Waals surface area contributed by atoms with Crippen LogP contribution in [0.5, 0.6) is 0 Å². The second kappa shape index (κ2) is 6.67. The van der Waals surface area contributed by atoms with E-state index in [1.54, 1.807) is 24.3 Å². The molecule has 2 aromatic carbocycles. The number of hydrogen-bond acceptors (Lipinski definition) is 3. The fourth-order valence-electron chi connectivity index (χ4n) is 2.34. The Hall–Kier alpha value is -2.31. The molecule has 0 spiro atoms. The van der Waals surface area contributed by atoms with Crippen molar-refractivity contribution in [2.75, 3.05) is 4.90 Å². The van der Waals surface area contributed by atoms with Gasteiger partial charge in [0.05, 0.1) is 5.69 Å². The Morgan fingerprint density at radius 3 is 2.50 bits per heavy atom. The van der Waals surface area contributed by atoms with Gasteiger partial charge in [0.1, 0.15) is 5.57 Å². The lowest BCUT2D eigenvalue weighted by Gasteiger charge is -2.29. The summed E-state index contributed by atoms with van der Waals surface area (Å²) in [5.41, 5.74) is 2.52. The number of nitrogens with one attached hydrogen (secondary N) is 1. The van der Waals surface area contributed by atoms with Crippen LogP contribution in [0.25, 0.3) is 6.08 Å². The van der Waals surface area contributed by atoms with E-state index in [1.165, 1.54) is 4.90 Å². The molecule has 1 saturated heterocycles. The zero-order valence-electron chi connectivity index (χ0n) is 12.7. The van der Waals surface area contributed by atoms with Crippen LogP contribution < -0.4 is 10.2 Å². The van der Waals surface area contributed by atoms with Gasteiger partial charge < -0.3 is 0 Å². The van der Waals surface area contributed by atoms with Gasteiger partial charge in [-0.2, -0.15) is 0 Å². The smallest absolute Gasteiger partial charge is 0.270 e. The predicted octanol–water partition coefficient (Wildman–Crippen LogP) is 3.59. The fraction of sp³-hybridized carbons (Fsp3) is 0.0556. The molecule has 0 unspecified atom stereocenters. The number of halogens is 1. The number of amides is 2. The third kappa shape index (κ3) is 3.29. The first-order chi connectivity index (χ1) is 11.5. The molecule has 1 aliphatic rings. The summed E-state index contributed by atoms with van der Waals surface area (Å²) in [4.78, 5) is 26.4. The largest absolute Gasteiger partial charge is 0.298 e. The van der Waals surface area contributed by atoms with E-state index >= 15 is 0 Å². The number of anilines is 1. The van der Waals surface area contributed by atoms with Gasteiger partial charge in [-0.25, -0.2) is 0 Å². The molecule has 1 N–H and O–H groups in total. The maximum absolute atomic E-state index is 12.8. The Bertz CT molecular complexity index is 875. The minimum absolute atomic E-state index is 0.0485. The molecule has 0 aromatic heterocycles. The molecule has 0 saturated carbocycles. The van der Waals surface area contributed by atoms with E-state index in [9.17, 15) is 9.59 Å². The maximum atomic E-state index is 12.8. The zero-order valence-corrected chi connectivity index (χ0v) is 15.1. The molecule has 0 atom stereocenters. The van der Waals surface area contributed by atoms with Crippen LogP contribution >= 0.6 is 28.1 Å². The molecule has 1 aliphatic heterocycles. The summed E-state index contributed by atoms with van der Waals surface area (Å²) >= 11 is 8.54. The normalized spacial score (nSPS) is 16.5. The monoisotopic (exact) mass is 400 g/mol. The Morgan fingerprint density at radius 1 is 1.12 bits per heavy atom. The number of thiocarbonyl (C=S) groups is 1. The molecule has 1 heterocycles. The van der Waals surface area contributed by atoms with E-state index in [0.717, 1.165) is 15.6 Å². The molecule has 0 bridgehead atoms. The molecular weight excluding hydrogens is 388 g/mol. The minimum atomic E-state index is -0.489. The predicted molar refractivity (Wildman–Crippen MR) is 102 cm³/mol. The average molecular weight is 401 g/mol. The summed E-state index contributed by atoms with van der Waals surface area (Å²) in [6.45, 7) is 1.98. The van der Waals surface area contributed by atoms with Gasteiger partial charge in [0.15, 0.2) is 5.11 Å².